The lowest BCUT2D eigenvalue weighted by atomic mass is 10.0. The van der Waals surface area contributed by atoms with Gasteiger partial charge in [-0.15, -0.1) is 0 Å². The molecule has 0 spiro atoms. The normalized spacial score (nSPS) is 17.6. The molecule has 4 heteroatoms. The molecule has 26 heavy (non-hydrogen) atoms. The van der Waals surface area contributed by atoms with Crippen LogP contribution in [0.25, 0.3) is 0 Å². The third kappa shape index (κ3) is 2.62. The maximum Gasteiger partial charge on any atom is 0.244 e. The number of fused-ring (bicyclic) bond motifs is 2. The Morgan fingerprint density at radius 1 is 1.15 bits per heavy atom. The first kappa shape index (κ1) is 15.4. The summed E-state index contributed by atoms with van der Waals surface area (Å²) in [6.45, 7) is 1.16. The van der Waals surface area contributed by atoms with E-state index in [1.54, 1.807) is 0 Å². The highest BCUT2D eigenvalue weighted by Gasteiger charge is 2.30. The van der Waals surface area contributed by atoms with Crippen LogP contribution in [0.5, 0.6) is 5.75 Å². The lowest BCUT2D eigenvalue weighted by Crippen LogP contribution is -2.36. The van der Waals surface area contributed by atoms with Gasteiger partial charge in [0.1, 0.15) is 24.2 Å². The van der Waals surface area contributed by atoms with Crippen molar-refractivity contribution in [3.05, 3.63) is 83.4 Å². The van der Waals surface area contributed by atoms with Crippen LogP contribution >= 0.6 is 0 Å². The number of nitrogens with zero attached hydrogens (tertiary/aromatic N) is 2. The number of imidazole rings is 1. The van der Waals surface area contributed by atoms with Crippen LogP contribution in [-0.2, 0) is 19.4 Å². The summed E-state index contributed by atoms with van der Waals surface area (Å²) in [7, 11) is 0. The molecule has 4 nitrogen and oxygen atoms in total. The van der Waals surface area contributed by atoms with Gasteiger partial charge in [0.15, 0.2) is 6.54 Å². The van der Waals surface area contributed by atoms with Gasteiger partial charge in [-0.3, -0.25) is 4.79 Å². The molecular formula is C22H21N2O2+. The maximum absolute atomic E-state index is 12.4. The molecule has 0 N–H and O–H groups in total. The molecule has 0 amide bonds. The van der Waals surface area contributed by atoms with Crippen LogP contribution in [-0.4, -0.2) is 17.0 Å². The van der Waals surface area contributed by atoms with Crippen molar-refractivity contribution in [1.29, 1.82) is 0 Å². The Hall–Kier alpha value is -2.88. The Balaban J connectivity index is 1.38. The molecule has 2 aliphatic rings. The van der Waals surface area contributed by atoms with Crippen molar-refractivity contribution in [3.8, 4) is 5.75 Å². The Morgan fingerprint density at radius 2 is 2.04 bits per heavy atom. The zero-order chi connectivity index (χ0) is 17.5. The summed E-state index contributed by atoms with van der Waals surface area (Å²) in [4.78, 5) is 12.4. The number of carbonyl (C=O) groups is 1. The van der Waals surface area contributed by atoms with Crippen LogP contribution in [0, 0.1) is 0 Å². The van der Waals surface area contributed by atoms with Crippen molar-refractivity contribution in [2.45, 2.75) is 31.8 Å². The fraction of sp³-hybridized carbons (Fsp3) is 0.273. The fourth-order valence-electron chi connectivity index (χ4n) is 4.15. The summed E-state index contributed by atoms with van der Waals surface area (Å²) in [6.07, 6.45) is 9.34. The number of aromatic nitrogens is 2. The summed E-state index contributed by atoms with van der Waals surface area (Å²) in [5.74, 6) is 1.18. The van der Waals surface area contributed by atoms with E-state index in [2.05, 4.69) is 29.2 Å². The second-order valence-corrected chi connectivity index (χ2v) is 7.13. The molecule has 0 fully saturated rings. The van der Waals surface area contributed by atoms with E-state index in [0.29, 0.717) is 12.6 Å². The van der Waals surface area contributed by atoms with Gasteiger partial charge in [0.05, 0.1) is 6.61 Å². The third-order valence-corrected chi connectivity index (χ3v) is 5.49. The average Bonchev–Trinajstić information content (AvgIpc) is 3.39. The van der Waals surface area contributed by atoms with Gasteiger partial charge in [-0.05, 0) is 30.0 Å². The predicted molar refractivity (Wildman–Crippen MR) is 97.5 cm³/mol. The number of ether oxygens (including phenoxy) is 1. The quantitative estimate of drug-likeness (QED) is 0.538. The molecule has 1 unspecified atom stereocenters. The number of Topliss-reactive ketones (excluding diaryl/α,β-unsaturated/α-hetero) is 1. The third-order valence-electron chi connectivity index (χ3n) is 5.49. The molecule has 1 aromatic heterocycles. The minimum absolute atomic E-state index is 0.131. The summed E-state index contributed by atoms with van der Waals surface area (Å²) in [6, 6.07) is 14.4. The minimum atomic E-state index is 0.131. The monoisotopic (exact) mass is 345 g/mol. The van der Waals surface area contributed by atoms with Gasteiger partial charge in [0, 0.05) is 17.5 Å². The zero-order valence-electron chi connectivity index (χ0n) is 14.6. The van der Waals surface area contributed by atoms with Crippen molar-refractivity contribution in [2.75, 3.05) is 6.61 Å². The number of hydrogen-bond acceptors (Lipinski definition) is 2. The van der Waals surface area contributed by atoms with Gasteiger partial charge in [-0.1, -0.05) is 36.4 Å². The molecule has 1 aliphatic heterocycles. The zero-order valence-corrected chi connectivity index (χ0v) is 14.6. The van der Waals surface area contributed by atoms with Gasteiger partial charge in [-0.25, -0.2) is 9.13 Å². The number of benzene rings is 2. The first-order valence-electron chi connectivity index (χ1n) is 9.21. The van der Waals surface area contributed by atoms with E-state index in [1.165, 1.54) is 16.7 Å². The molecule has 1 aliphatic carbocycles. The molecule has 130 valence electrons. The molecule has 0 saturated carbocycles. The fourth-order valence-corrected chi connectivity index (χ4v) is 4.15. The molecule has 0 bridgehead atoms. The van der Waals surface area contributed by atoms with Gasteiger partial charge in [0.25, 0.3) is 0 Å². The molecule has 2 aromatic carbocycles. The lowest BCUT2D eigenvalue weighted by Gasteiger charge is -2.09. The van der Waals surface area contributed by atoms with Crippen LogP contribution < -0.4 is 9.30 Å². The van der Waals surface area contributed by atoms with Crippen LogP contribution in [0.15, 0.2) is 61.2 Å². The smallest absolute Gasteiger partial charge is 0.244 e. The molecule has 2 heterocycles. The van der Waals surface area contributed by atoms with E-state index in [4.69, 9.17) is 4.74 Å². The van der Waals surface area contributed by atoms with Crippen LogP contribution in [0.1, 0.15) is 39.5 Å². The highest BCUT2D eigenvalue weighted by molar-refractivity contribution is 5.94. The molecule has 0 radical (unpaired) electrons. The van der Waals surface area contributed by atoms with Crippen molar-refractivity contribution in [1.82, 2.24) is 4.57 Å². The SMILES string of the molecule is O=C(C[n+]1ccn(C2CCc3cc4c(cc32)OCC4)c1)c1ccccc1. The van der Waals surface area contributed by atoms with Crippen molar-refractivity contribution in [3.63, 3.8) is 0 Å². The Labute approximate surface area is 152 Å². The number of rotatable bonds is 4. The number of hydrogen-bond donors (Lipinski definition) is 0. The van der Waals surface area contributed by atoms with Gasteiger partial charge in [-0.2, -0.15) is 0 Å². The molecule has 0 saturated heterocycles. The van der Waals surface area contributed by atoms with Gasteiger partial charge >= 0.3 is 0 Å². The van der Waals surface area contributed by atoms with E-state index in [-0.39, 0.29) is 5.78 Å². The summed E-state index contributed by atoms with van der Waals surface area (Å²) in [5.41, 5.74) is 4.91. The number of carbonyl (C=O) groups excluding carboxylic acids is 1. The lowest BCUT2D eigenvalue weighted by molar-refractivity contribution is -0.682. The molecule has 1 atom stereocenters. The van der Waals surface area contributed by atoms with Crippen LogP contribution in [0.2, 0.25) is 0 Å². The van der Waals surface area contributed by atoms with Gasteiger partial charge < -0.3 is 4.74 Å². The summed E-state index contributed by atoms with van der Waals surface area (Å²) >= 11 is 0. The van der Waals surface area contributed by atoms with E-state index >= 15 is 0 Å². The Bertz CT molecular complexity index is 975. The summed E-state index contributed by atoms with van der Waals surface area (Å²) < 4.78 is 9.95. The van der Waals surface area contributed by atoms with Crippen LogP contribution in [0.3, 0.4) is 0 Å². The van der Waals surface area contributed by atoms with Crippen molar-refractivity contribution in [2.24, 2.45) is 0 Å². The standard InChI is InChI=1S/C22H21N2O2/c25-21(16-4-2-1-3-5-16)14-23-9-10-24(15-23)20-7-6-17-12-18-8-11-26-22(18)13-19(17)20/h1-5,9-10,12-13,15,20H,6-8,11,14H2/q+1. The second kappa shape index (κ2) is 6.13. The maximum atomic E-state index is 12.4. The minimum Gasteiger partial charge on any atom is -0.493 e. The van der Waals surface area contributed by atoms with E-state index in [0.717, 1.165) is 37.2 Å². The second-order valence-electron chi connectivity index (χ2n) is 7.13. The molecule has 3 aromatic rings. The van der Waals surface area contributed by atoms with Gasteiger partial charge in [0.2, 0.25) is 12.1 Å². The molecule has 5 rings (SSSR count). The van der Waals surface area contributed by atoms with Crippen molar-refractivity contribution >= 4 is 5.78 Å². The number of ketones is 1. The van der Waals surface area contributed by atoms with E-state index in [1.807, 2.05) is 41.1 Å². The predicted octanol–water partition coefficient (Wildman–Crippen LogP) is 3.13. The number of aryl methyl sites for hydroxylation is 1. The van der Waals surface area contributed by atoms with E-state index in [9.17, 15) is 4.79 Å². The largest absolute Gasteiger partial charge is 0.493 e. The Kier molecular flexibility index (Phi) is 3.63. The van der Waals surface area contributed by atoms with Crippen molar-refractivity contribution < 1.29 is 14.1 Å². The van der Waals surface area contributed by atoms with E-state index < -0.39 is 0 Å². The molecular weight excluding hydrogens is 324 g/mol. The Morgan fingerprint density at radius 3 is 2.92 bits per heavy atom. The average molecular weight is 345 g/mol. The van der Waals surface area contributed by atoms with Crippen LogP contribution in [0.4, 0.5) is 0 Å². The summed E-state index contributed by atoms with van der Waals surface area (Å²) in [5, 5.41) is 0. The highest BCUT2D eigenvalue weighted by atomic mass is 16.5. The first-order valence-corrected chi connectivity index (χ1v) is 9.21. The highest BCUT2D eigenvalue weighted by Crippen LogP contribution is 2.39. The first-order chi connectivity index (χ1) is 12.8. The topological polar surface area (TPSA) is 35.1 Å².